The van der Waals surface area contributed by atoms with Gasteiger partial charge in [0.1, 0.15) is 0 Å². The Balaban J connectivity index is 4.09. The van der Waals surface area contributed by atoms with E-state index in [9.17, 15) is 5.11 Å². The van der Waals surface area contributed by atoms with Crippen molar-refractivity contribution in [2.45, 2.75) is 52.7 Å². The second-order valence-corrected chi connectivity index (χ2v) is 5.26. The zero-order chi connectivity index (χ0) is 12.1. The van der Waals surface area contributed by atoms with Gasteiger partial charge >= 0.3 is 0 Å². The van der Waals surface area contributed by atoms with Crippen LogP contribution in [-0.2, 0) is 0 Å². The number of hydrogen-bond donors (Lipinski definition) is 3. The first kappa shape index (κ1) is 14.9. The van der Waals surface area contributed by atoms with Crippen LogP contribution in [-0.4, -0.2) is 35.0 Å². The Kier molecular flexibility index (Phi) is 6.41. The van der Waals surface area contributed by atoms with Crippen molar-refractivity contribution in [3.63, 3.8) is 0 Å². The fraction of sp³-hybridized carbons (Fsp3) is 1.00. The highest BCUT2D eigenvalue weighted by Gasteiger charge is 2.26. The Hall–Kier alpha value is -0.120. The summed E-state index contributed by atoms with van der Waals surface area (Å²) in [6.07, 6.45) is 0.742. The number of aliphatic hydroxyl groups is 2. The van der Waals surface area contributed by atoms with Crippen LogP contribution in [0.15, 0.2) is 0 Å². The van der Waals surface area contributed by atoms with Crippen molar-refractivity contribution in [3.05, 3.63) is 0 Å². The smallest absolute Gasteiger partial charge is 0.0766 e. The molecule has 3 N–H and O–H groups in total. The Labute approximate surface area is 93.9 Å². The molecule has 2 unspecified atom stereocenters. The first-order valence-corrected chi connectivity index (χ1v) is 5.88. The normalized spacial score (nSPS) is 18.2. The third-order valence-corrected chi connectivity index (χ3v) is 3.21. The molecule has 92 valence electrons. The van der Waals surface area contributed by atoms with Gasteiger partial charge in [0, 0.05) is 19.2 Å². The van der Waals surface area contributed by atoms with Crippen molar-refractivity contribution < 1.29 is 10.2 Å². The van der Waals surface area contributed by atoms with Gasteiger partial charge in [-0.05, 0) is 25.2 Å². The average Bonchev–Trinajstić information content (AvgIpc) is 2.11. The lowest BCUT2D eigenvalue weighted by Crippen LogP contribution is -2.47. The summed E-state index contributed by atoms with van der Waals surface area (Å²) in [6.45, 7) is 10.9. The second-order valence-electron chi connectivity index (χ2n) is 5.26. The lowest BCUT2D eigenvalue weighted by molar-refractivity contribution is 0.00961. The van der Waals surface area contributed by atoms with E-state index in [1.807, 2.05) is 20.8 Å². The van der Waals surface area contributed by atoms with E-state index in [1.165, 1.54) is 0 Å². The Bertz CT molecular complexity index is 167. The molecule has 0 aromatic rings. The molecule has 3 heteroatoms. The molecule has 0 spiro atoms. The molecule has 0 aromatic carbocycles. The fourth-order valence-corrected chi connectivity index (χ4v) is 1.35. The minimum atomic E-state index is -0.678. The maximum atomic E-state index is 10.1. The highest BCUT2D eigenvalue weighted by atomic mass is 16.3. The van der Waals surface area contributed by atoms with E-state index in [2.05, 4.69) is 19.2 Å². The van der Waals surface area contributed by atoms with Crippen molar-refractivity contribution in [1.82, 2.24) is 5.32 Å². The van der Waals surface area contributed by atoms with Gasteiger partial charge in [0.15, 0.2) is 0 Å². The number of nitrogens with one attached hydrogen (secondary N) is 1. The standard InChI is InChI=1S/C12H27NO2/c1-9(2)11(6-7-14)13-8-12(5,15)10(3)4/h9-11,13-15H,6-8H2,1-5H3. The van der Waals surface area contributed by atoms with Gasteiger partial charge in [-0.1, -0.05) is 27.7 Å². The molecule has 0 amide bonds. The first-order valence-electron chi connectivity index (χ1n) is 5.88. The van der Waals surface area contributed by atoms with Gasteiger partial charge in [0.2, 0.25) is 0 Å². The topological polar surface area (TPSA) is 52.5 Å². The molecule has 0 heterocycles. The number of hydrogen-bond acceptors (Lipinski definition) is 3. The Morgan fingerprint density at radius 3 is 2.07 bits per heavy atom. The van der Waals surface area contributed by atoms with Gasteiger partial charge in [0.25, 0.3) is 0 Å². The molecule has 0 saturated heterocycles. The SMILES string of the molecule is CC(C)C(CCO)NCC(C)(O)C(C)C. The third kappa shape index (κ3) is 5.50. The molecule has 0 aromatic heterocycles. The number of rotatable bonds is 7. The molecule has 2 atom stereocenters. The molecule has 0 aliphatic rings. The van der Waals surface area contributed by atoms with E-state index < -0.39 is 5.60 Å². The fourth-order valence-electron chi connectivity index (χ4n) is 1.35. The third-order valence-electron chi connectivity index (χ3n) is 3.21. The summed E-state index contributed by atoms with van der Waals surface area (Å²) in [5, 5.41) is 22.3. The summed E-state index contributed by atoms with van der Waals surface area (Å²) < 4.78 is 0. The van der Waals surface area contributed by atoms with Crippen LogP contribution in [0.3, 0.4) is 0 Å². The first-order chi connectivity index (χ1) is 6.81. The molecular formula is C12H27NO2. The van der Waals surface area contributed by atoms with Crippen LogP contribution in [0.25, 0.3) is 0 Å². The Morgan fingerprint density at radius 2 is 1.73 bits per heavy atom. The molecule has 0 saturated carbocycles. The van der Waals surface area contributed by atoms with E-state index in [1.54, 1.807) is 0 Å². The van der Waals surface area contributed by atoms with Crippen molar-refractivity contribution in [1.29, 1.82) is 0 Å². The van der Waals surface area contributed by atoms with Crippen molar-refractivity contribution >= 4 is 0 Å². The van der Waals surface area contributed by atoms with Crippen LogP contribution >= 0.6 is 0 Å². The quantitative estimate of drug-likeness (QED) is 0.604. The van der Waals surface area contributed by atoms with E-state index in [0.29, 0.717) is 12.5 Å². The molecule has 0 bridgehead atoms. The average molecular weight is 217 g/mol. The summed E-state index contributed by atoms with van der Waals surface area (Å²) in [4.78, 5) is 0. The van der Waals surface area contributed by atoms with Crippen molar-refractivity contribution in [3.8, 4) is 0 Å². The molecule has 0 aliphatic heterocycles. The van der Waals surface area contributed by atoms with E-state index in [-0.39, 0.29) is 18.6 Å². The van der Waals surface area contributed by atoms with E-state index >= 15 is 0 Å². The molecule has 0 rings (SSSR count). The van der Waals surface area contributed by atoms with Crippen LogP contribution in [0.4, 0.5) is 0 Å². The van der Waals surface area contributed by atoms with E-state index in [4.69, 9.17) is 5.11 Å². The summed E-state index contributed by atoms with van der Waals surface area (Å²) in [5.41, 5.74) is -0.678. The molecule has 0 aliphatic carbocycles. The van der Waals surface area contributed by atoms with Crippen LogP contribution < -0.4 is 5.32 Å². The Morgan fingerprint density at radius 1 is 1.20 bits per heavy atom. The van der Waals surface area contributed by atoms with Gasteiger partial charge in [-0.3, -0.25) is 0 Å². The van der Waals surface area contributed by atoms with Gasteiger partial charge < -0.3 is 15.5 Å². The summed E-state index contributed by atoms with van der Waals surface area (Å²) in [5.74, 6) is 0.701. The second kappa shape index (κ2) is 6.46. The largest absolute Gasteiger partial charge is 0.396 e. The minimum absolute atomic E-state index is 0.194. The van der Waals surface area contributed by atoms with E-state index in [0.717, 1.165) is 6.42 Å². The summed E-state index contributed by atoms with van der Waals surface area (Å²) >= 11 is 0. The predicted molar refractivity (Wildman–Crippen MR) is 63.8 cm³/mol. The minimum Gasteiger partial charge on any atom is -0.396 e. The van der Waals surface area contributed by atoms with Crippen LogP contribution in [0.2, 0.25) is 0 Å². The zero-order valence-electron chi connectivity index (χ0n) is 10.7. The molecule has 15 heavy (non-hydrogen) atoms. The van der Waals surface area contributed by atoms with Gasteiger partial charge in [0.05, 0.1) is 5.60 Å². The molecule has 0 fully saturated rings. The zero-order valence-corrected chi connectivity index (χ0v) is 10.7. The van der Waals surface area contributed by atoms with Gasteiger partial charge in [-0.2, -0.15) is 0 Å². The molecule has 3 nitrogen and oxygen atoms in total. The maximum absolute atomic E-state index is 10.1. The summed E-state index contributed by atoms with van der Waals surface area (Å²) in [7, 11) is 0. The van der Waals surface area contributed by atoms with Crippen LogP contribution in [0.1, 0.15) is 41.0 Å². The van der Waals surface area contributed by atoms with Gasteiger partial charge in [-0.25, -0.2) is 0 Å². The number of aliphatic hydroxyl groups excluding tert-OH is 1. The lowest BCUT2D eigenvalue weighted by Gasteiger charge is -2.31. The highest BCUT2D eigenvalue weighted by molar-refractivity contribution is 4.82. The van der Waals surface area contributed by atoms with Crippen LogP contribution in [0.5, 0.6) is 0 Å². The maximum Gasteiger partial charge on any atom is 0.0766 e. The van der Waals surface area contributed by atoms with Crippen LogP contribution in [0, 0.1) is 11.8 Å². The van der Waals surface area contributed by atoms with Crippen molar-refractivity contribution in [2.75, 3.05) is 13.2 Å². The highest BCUT2D eigenvalue weighted by Crippen LogP contribution is 2.16. The predicted octanol–water partition coefficient (Wildman–Crippen LogP) is 1.39. The lowest BCUT2D eigenvalue weighted by atomic mass is 9.91. The monoisotopic (exact) mass is 217 g/mol. The van der Waals surface area contributed by atoms with Crippen molar-refractivity contribution in [2.24, 2.45) is 11.8 Å². The molecular weight excluding hydrogens is 190 g/mol. The van der Waals surface area contributed by atoms with Gasteiger partial charge in [-0.15, -0.1) is 0 Å². The molecule has 0 radical (unpaired) electrons. The summed E-state index contributed by atoms with van der Waals surface area (Å²) in [6, 6.07) is 0.278.